The van der Waals surface area contributed by atoms with Gasteiger partial charge in [0.05, 0.1) is 18.8 Å². The Kier molecular flexibility index (Phi) is 2.74. The van der Waals surface area contributed by atoms with Crippen molar-refractivity contribution in [2.75, 3.05) is 0 Å². The summed E-state index contributed by atoms with van der Waals surface area (Å²) in [5.74, 6) is 1.47. The quantitative estimate of drug-likeness (QED) is 0.818. The fourth-order valence-corrected chi connectivity index (χ4v) is 2.03. The molecule has 2 rings (SSSR count). The maximum absolute atomic E-state index is 9.14. The lowest BCUT2D eigenvalue weighted by Crippen LogP contribution is -2.40. The lowest BCUT2D eigenvalue weighted by atomic mass is 10.0. The molecule has 1 aromatic heterocycles. The molecule has 80 valence electrons. The van der Waals surface area contributed by atoms with Crippen LogP contribution in [-0.4, -0.2) is 10.5 Å². The predicted molar refractivity (Wildman–Crippen MR) is 54.9 cm³/mol. The molecule has 1 aromatic rings. The molecule has 0 aromatic carbocycles. The van der Waals surface area contributed by atoms with E-state index in [0.717, 1.165) is 31.4 Å². The van der Waals surface area contributed by atoms with E-state index in [1.807, 2.05) is 6.92 Å². The van der Waals surface area contributed by atoms with E-state index < -0.39 is 0 Å². The average Bonchev–Trinajstić information content (AvgIpc) is 2.85. The zero-order valence-electron chi connectivity index (χ0n) is 8.92. The van der Waals surface area contributed by atoms with E-state index in [1.54, 1.807) is 6.20 Å². The number of aryl methyl sites for hydroxylation is 1. The van der Waals surface area contributed by atoms with Crippen LogP contribution < -0.4 is 5.32 Å². The van der Waals surface area contributed by atoms with Crippen molar-refractivity contribution < 1.29 is 4.42 Å². The molecule has 4 nitrogen and oxygen atoms in total. The topological polar surface area (TPSA) is 61.9 Å². The summed E-state index contributed by atoms with van der Waals surface area (Å²) < 4.78 is 5.35. The second kappa shape index (κ2) is 4.03. The molecule has 0 unspecified atom stereocenters. The summed E-state index contributed by atoms with van der Waals surface area (Å²) in [6, 6.07) is 2.37. The minimum atomic E-state index is -0.345. The third kappa shape index (κ3) is 2.18. The summed E-state index contributed by atoms with van der Waals surface area (Å²) in [5, 5.41) is 12.4. The molecule has 1 aliphatic rings. The molecule has 0 amide bonds. The van der Waals surface area contributed by atoms with Crippen LogP contribution in [0.2, 0.25) is 0 Å². The van der Waals surface area contributed by atoms with Crippen LogP contribution in [0.1, 0.15) is 37.3 Å². The molecule has 0 saturated heterocycles. The SMILES string of the molecule is Cc1cnc(CNC2(C#N)CCCC2)o1. The highest BCUT2D eigenvalue weighted by Gasteiger charge is 2.33. The number of aromatic nitrogens is 1. The van der Waals surface area contributed by atoms with Crippen LogP contribution in [0, 0.1) is 18.3 Å². The minimum absolute atomic E-state index is 0.345. The van der Waals surface area contributed by atoms with E-state index in [2.05, 4.69) is 16.4 Å². The first-order valence-corrected chi connectivity index (χ1v) is 5.32. The van der Waals surface area contributed by atoms with Gasteiger partial charge in [-0.1, -0.05) is 12.8 Å². The van der Waals surface area contributed by atoms with Crippen LogP contribution in [0.25, 0.3) is 0 Å². The normalized spacial score (nSPS) is 18.9. The fraction of sp³-hybridized carbons (Fsp3) is 0.636. The molecule has 1 saturated carbocycles. The predicted octanol–water partition coefficient (Wildman–Crippen LogP) is 1.91. The van der Waals surface area contributed by atoms with Crippen molar-refractivity contribution in [3.8, 4) is 6.07 Å². The Morgan fingerprint density at radius 3 is 2.87 bits per heavy atom. The highest BCUT2D eigenvalue weighted by Crippen LogP contribution is 2.29. The molecule has 0 aliphatic heterocycles. The summed E-state index contributed by atoms with van der Waals surface area (Å²) in [5.41, 5.74) is -0.345. The summed E-state index contributed by atoms with van der Waals surface area (Å²) in [6.45, 7) is 2.41. The molecule has 0 atom stereocenters. The summed E-state index contributed by atoms with van der Waals surface area (Å²) in [6.07, 6.45) is 5.83. The molecule has 1 fully saturated rings. The summed E-state index contributed by atoms with van der Waals surface area (Å²) >= 11 is 0. The zero-order valence-corrected chi connectivity index (χ0v) is 8.92. The number of nitriles is 1. The van der Waals surface area contributed by atoms with Crippen LogP contribution in [-0.2, 0) is 6.54 Å². The number of nitrogens with zero attached hydrogens (tertiary/aromatic N) is 2. The maximum Gasteiger partial charge on any atom is 0.208 e. The Hall–Kier alpha value is -1.34. The maximum atomic E-state index is 9.14. The van der Waals surface area contributed by atoms with Gasteiger partial charge in [0.2, 0.25) is 5.89 Å². The molecule has 15 heavy (non-hydrogen) atoms. The first-order valence-electron chi connectivity index (χ1n) is 5.32. The third-order valence-corrected chi connectivity index (χ3v) is 2.92. The van der Waals surface area contributed by atoms with Crippen molar-refractivity contribution in [1.29, 1.82) is 5.26 Å². The summed E-state index contributed by atoms with van der Waals surface area (Å²) in [7, 11) is 0. The van der Waals surface area contributed by atoms with Gasteiger partial charge in [-0.2, -0.15) is 5.26 Å². The van der Waals surface area contributed by atoms with Gasteiger partial charge < -0.3 is 4.42 Å². The molecule has 4 heteroatoms. The van der Waals surface area contributed by atoms with Crippen LogP contribution in [0.5, 0.6) is 0 Å². The molecule has 1 aliphatic carbocycles. The van der Waals surface area contributed by atoms with E-state index in [1.165, 1.54) is 0 Å². The second-order valence-corrected chi connectivity index (χ2v) is 4.12. The monoisotopic (exact) mass is 205 g/mol. The largest absolute Gasteiger partial charge is 0.445 e. The van der Waals surface area contributed by atoms with Crippen LogP contribution >= 0.6 is 0 Å². The zero-order chi connectivity index (χ0) is 10.7. The molecular weight excluding hydrogens is 190 g/mol. The number of nitrogens with one attached hydrogen (secondary N) is 1. The van der Waals surface area contributed by atoms with Gasteiger partial charge in [0.25, 0.3) is 0 Å². The first kappa shape index (κ1) is 10.2. The van der Waals surface area contributed by atoms with Gasteiger partial charge in [-0.3, -0.25) is 5.32 Å². The van der Waals surface area contributed by atoms with Crippen LogP contribution in [0.15, 0.2) is 10.6 Å². The van der Waals surface area contributed by atoms with E-state index in [4.69, 9.17) is 9.68 Å². The van der Waals surface area contributed by atoms with E-state index >= 15 is 0 Å². The number of hydrogen-bond donors (Lipinski definition) is 1. The molecule has 1 N–H and O–H groups in total. The molecule has 0 spiro atoms. The van der Waals surface area contributed by atoms with Crippen molar-refractivity contribution in [3.05, 3.63) is 17.8 Å². The first-order chi connectivity index (χ1) is 7.24. The van der Waals surface area contributed by atoms with E-state index in [-0.39, 0.29) is 5.54 Å². The Balaban J connectivity index is 1.95. The molecule has 1 heterocycles. The molecular formula is C11H15N3O. The van der Waals surface area contributed by atoms with Crippen molar-refractivity contribution in [2.45, 2.75) is 44.7 Å². The van der Waals surface area contributed by atoms with Crippen LogP contribution in [0.4, 0.5) is 0 Å². The Morgan fingerprint density at radius 1 is 1.60 bits per heavy atom. The average molecular weight is 205 g/mol. The smallest absolute Gasteiger partial charge is 0.208 e. The third-order valence-electron chi connectivity index (χ3n) is 2.92. The van der Waals surface area contributed by atoms with Gasteiger partial charge >= 0.3 is 0 Å². The number of oxazole rings is 1. The Bertz CT molecular complexity index is 371. The molecule has 0 bridgehead atoms. The van der Waals surface area contributed by atoms with Crippen molar-refractivity contribution in [2.24, 2.45) is 0 Å². The highest BCUT2D eigenvalue weighted by atomic mass is 16.4. The lowest BCUT2D eigenvalue weighted by Gasteiger charge is -2.20. The van der Waals surface area contributed by atoms with E-state index in [9.17, 15) is 0 Å². The van der Waals surface area contributed by atoms with Gasteiger partial charge in [0, 0.05) is 0 Å². The van der Waals surface area contributed by atoms with Gasteiger partial charge in [-0.15, -0.1) is 0 Å². The van der Waals surface area contributed by atoms with E-state index in [0.29, 0.717) is 12.4 Å². The minimum Gasteiger partial charge on any atom is -0.445 e. The number of rotatable bonds is 3. The van der Waals surface area contributed by atoms with Gasteiger partial charge in [-0.25, -0.2) is 4.98 Å². The van der Waals surface area contributed by atoms with Gasteiger partial charge in [0.1, 0.15) is 11.3 Å². The fourth-order valence-electron chi connectivity index (χ4n) is 2.03. The van der Waals surface area contributed by atoms with Crippen molar-refractivity contribution >= 4 is 0 Å². The standard InChI is InChI=1S/C11H15N3O/c1-9-6-13-10(15-9)7-14-11(8-12)4-2-3-5-11/h6,14H,2-5,7H2,1H3. The van der Waals surface area contributed by atoms with Crippen molar-refractivity contribution in [3.63, 3.8) is 0 Å². The van der Waals surface area contributed by atoms with Crippen LogP contribution in [0.3, 0.4) is 0 Å². The Morgan fingerprint density at radius 2 is 2.33 bits per heavy atom. The van der Waals surface area contributed by atoms with Crippen molar-refractivity contribution in [1.82, 2.24) is 10.3 Å². The summed E-state index contributed by atoms with van der Waals surface area (Å²) in [4.78, 5) is 4.10. The number of hydrogen-bond acceptors (Lipinski definition) is 4. The highest BCUT2D eigenvalue weighted by molar-refractivity contribution is 5.10. The second-order valence-electron chi connectivity index (χ2n) is 4.12. The molecule has 0 radical (unpaired) electrons. The van der Waals surface area contributed by atoms with Gasteiger partial charge in [-0.05, 0) is 19.8 Å². The lowest BCUT2D eigenvalue weighted by molar-refractivity contribution is 0.375. The Labute approximate surface area is 89.3 Å². The van der Waals surface area contributed by atoms with Gasteiger partial charge in [0.15, 0.2) is 0 Å².